The quantitative estimate of drug-likeness (QED) is 0.318. The van der Waals surface area contributed by atoms with Crippen LogP contribution in [-0.4, -0.2) is 42.2 Å². The first-order valence-electron chi connectivity index (χ1n) is 12.1. The lowest BCUT2D eigenvalue weighted by molar-refractivity contribution is 0.0313. The molecule has 2 saturated heterocycles. The van der Waals surface area contributed by atoms with Gasteiger partial charge in [0.1, 0.15) is 5.01 Å². The molecular formula is C27H27ClN4O2S. The summed E-state index contributed by atoms with van der Waals surface area (Å²) in [5.74, 6) is 0.00652. The van der Waals surface area contributed by atoms with Crippen LogP contribution >= 0.6 is 22.9 Å². The van der Waals surface area contributed by atoms with E-state index in [2.05, 4.69) is 46.8 Å². The second kappa shape index (κ2) is 8.64. The third-order valence-corrected chi connectivity index (χ3v) is 9.16. The molecular weight excluding hydrogens is 480 g/mol. The maximum Gasteiger partial charge on any atom is 0.408 e. The summed E-state index contributed by atoms with van der Waals surface area (Å²) in [5.41, 5.74) is 4.08. The van der Waals surface area contributed by atoms with Gasteiger partial charge in [-0.05, 0) is 67.5 Å². The van der Waals surface area contributed by atoms with Crippen LogP contribution in [0.1, 0.15) is 67.1 Å². The Labute approximate surface area is 213 Å². The van der Waals surface area contributed by atoms with Crippen LogP contribution in [-0.2, 0) is 0 Å². The average Bonchev–Trinajstić information content (AvgIpc) is 3.58. The SMILES string of the molecule is CCC12CCC(CC(n3cnc4ccc(C(c5ccc(Cl)cc5)c5nccs5)cc43)C1)N2C(=O)O. The summed E-state index contributed by atoms with van der Waals surface area (Å²) in [6, 6.07) is 14.8. The van der Waals surface area contributed by atoms with E-state index < -0.39 is 6.09 Å². The molecule has 2 aliphatic rings. The molecule has 1 N–H and O–H groups in total. The van der Waals surface area contributed by atoms with Crippen molar-refractivity contribution in [2.45, 2.75) is 62.6 Å². The number of amides is 1. The molecule has 6 rings (SSSR count). The number of piperidine rings is 1. The van der Waals surface area contributed by atoms with Gasteiger partial charge in [-0.1, -0.05) is 36.7 Å². The molecule has 4 heterocycles. The predicted molar refractivity (Wildman–Crippen MR) is 138 cm³/mol. The molecule has 1 amide bonds. The molecule has 4 unspecified atom stereocenters. The number of thiazole rings is 1. The molecule has 0 spiro atoms. The first kappa shape index (κ1) is 22.6. The molecule has 6 nitrogen and oxygen atoms in total. The monoisotopic (exact) mass is 506 g/mol. The first-order valence-corrected chi connectivity index (χ1v) is 13.4. The van der Waals surface area contributed by atoms with Crippen molar-refractivity contribution in [2.24, 2.45) is 0 Å². The van der Waals surface area contributed by atoms with E-state index in [0.29, 0.717) is 5.02 Å². The third-order valence-electron chi connectivity index (χ3n) is 8.07. The molecule has 2 bridgehead atoms. The van der Waals surface area contributed by atoms with Crippen molar-refractivity contribution in [2.75, 3.05) is 0 Å². The van der Waals surface area contributed by atoms with E-state index >= 15 is 0 Å². The highest BCUT2D eigenvalue weighted by Crippen LogP contribution is 2.50. The van der Waals surface area contributed by atoms with Crippen molar-refractivity contribution in [1.29, 1.82) is 0 Å². The fraction of sp³-hybridized carbons (Fsp3) is 0.370. The van der Waals surface area contributed by atoms with Gasteiger partial charge >= 0.3 is 6.09 Å². The topological polar surface area (TPSA) is 71.2 Å². The first-order chi connectivity index (χ1) is 17.0. The Hall–Kier alpha value is -2.90. The Kier molecular flexibility index (Phi) is 5.57. The highest BCUT2D eigenvalue weighted by Gasteiger charge is 2.53. The summed E-state index contributed by atoms with van der Waals surface area (Å²) in [5, 5.41) is 13.7. The van der Waals surface area contributed by atoms with Gasteiger partial charge < -0.3 is 9.67 Å². The van der Waals surface area contributed by atoms with Crippen LogP contribution in [0.4, 0.5) is 4.79 Å². The minimum Gasteiger partial charge on any atom is -0.465 e. The standard InChI is InChI=1S/C27H27ClN4O2S/c1-2-27-10-9-20(32(27)26(33)34)14-21(15-27)31-16-30-22-8-5-18(13-23(22)31)24(25-29-11-12-35-25)17-3-6-19(28)7-4-17/h3-8,11-13,16,20-21,24H,2,9-10,14-15H2,1H3,(H,33,34). The third kappa shape index (κ3) is 3.72. The van der Waals surface area contributed by atoms with Crippen molar-refractivity contribution in [1.82, 2.24) is 19.4 Å². The smallest absolute Gasteiger partial charge is 0.408 e. The van der Waals surface area contributed by atoms with Gasteiger partial charge in [-0.15, -0.1) is 11.3 Å². The average molecular weight is 507 g/mol. The summed E-state index contributed by atoms with van der Waals surface area (Å²) in [6.07, 6.45) is 7.40. The van der Waals surface area contributed by atoms with E-state index in [0.717, 1.165) is 59.3 Å². The van der Waals surface area contributed by atoms with E-state index in [1.807, 2.05) is 30.0 Å². The lowest BCUT2D eigenvalue weighted by atomic mass is 9.83. The normalized spacial score (nSPS) is 24.7. The van der Waals surface area contributed by atoms with E-state index in [1.54, 1.807) is 16.2 Å². The van der Waals surface area contributed by atoms with E-state index in [1.165, 1.54) is 0 Å². The number of rotatable bonds is 5. The van der Waals surface area contributed by atoms with Crippen LogP contribution < -0.4 is 0 Å². The zero-order chi connectivity index (χ0) is 24.2. The summed E-state index contributed by atoms with van der Waals surface area (Å²) >= 11 is 7.83. The van der Waals surface area contributed by atoms with Crippen LogP contribution in [0.3, 0.4) is 0 Å². The molecule has 0 radical (unpaired) electrons. The van der Waals surface area contributed by atoms with Crippen molar-refractivity contribution < 1.29 is 9.90 Å². The lowest BCUT2D eigenvalue weighted by Gasteiger charge is -2.46. The van der Waals surface area contributed by atoms with Crippen LogP contribution in [0, 0.1) is 0 Å². The molecule has 2 aromatic heterocycles. The number of imidazole rings is 1. The zero-order valence-electron chi connectivity index (χ0n) is 19.5. The number of hydrogen-bond donors (Lipinski definition) is 1. The molecule has 0 aliphatic carbocycles. The number of benzene rings is 2. The van der Waals surface area contributed by atoms with Crippen LogP contribution in [0.25, 0.3) is 11.0 Å². The number of nitrogens with zero attached hydrogens (tertiary/aromatic N) is 4. The van der Waals surface area contributed by atoms with Gasteiger partial charge in [0.15, 0.2) is 0 Å². The van der Waals surface area contributed by atoms with Gasteiger partial charge in [0.05, 0.1) is 23.3 Å². The van der Waals surface area contributed by atoms with Gasteiger partial charge in [0.2, 0.25) is 0 Å². The Balaban J connectivity index is 1.41. The Bertz CT molecular complexity index is 1370. The fourth-order valence-electron chi connectivity index (χ4n) is 6.42. The molecule has 180 valence electrons. The largest absolute Gasteiger partial charge is 0.465 e. The number of aromatic nitrogens is 3. The molecule has 0 saturated carbocycles. The van der Waals surface area contributed by atoms with Gasteiger partial charge in [-0.2, -0.15) is 0 Å². The second-order valence-corrected chi connectivity index (χ2v) is 11.1. The Morgan fingerprint density at radius 1 is 1.20 bits per heavy atom. The maximum atomic E-state index is 12.1. The fourth-order valence-corrected chi connectivity index (χ4v) is 7.33. The van der Waals surface area contributed by atoms with Gasteiger partial charge in [-0.3, -0.25) is 4.90 Å². The second-order valence-electron chi connectivity index (χ2n) is 9.77. The molecule has 4 aromatic rings. The van der Waals surface area contributed by atoms with Crippen LogP contribution in [0.2, 0.25) is 5.02 Å². The zero-order valence-corrected chi connectivity index (χ0v) is 21.0. The highest BCUT2D eigenvalue weighted by molar-refractivity contribution is 7.09. The predicted octanol–water partition coefficient (Wildman–Crippen LogP) is 6.95. The number of halogens is 1. The van der Waals surface area contributed by atoms with Gasteiger partial charge in [0.25, 0.3) is 0 Å². The molecule has 4 atom stereocenters. The van der Waals surface area contributed by atoms with E-state index in [9.17, 15) is 9.90 Å². The summed E-state index contributed by atoms with van der Waals surface area (Å²) < 4.78 is 2.29. The Morgan fingerprint density at radius 2 is 2.00 bits per heavy atom. The van der Waals surface area contributed by atoms with E-state index in [4.69, 9.17) is 16.6 Å². The van der Waals surface area contributed by atoms with Crippen molar-refractivity contribution in [3.05, 3.63) is 81.5 Å². The number of hydrogen-bond acceptors (Lipinski definition) is 4. The molecule has 35 heavy (non-hydrogen) atoms. The summed E-state index contributed by atoms with van der Waals surface area (Å²) in [4.78, 5) is 23.2. The molecule has 2 aromatic carbocycles. The van der Waals surface area contributed by atoms with Crippen LogP contribution in [0.15, 0.2) is 60.4 Å². The van der Waals surface area contributed by atoms with Crippen LogP contribution in [0.5, 0.6) is 0 Å². The Morgan fingerprint density at radius 3 is 2.71 bits per heavy atom. The maximum absolute atomic E-state index is 12.1. The summed E-state index contributed by atoms with van der Waals surface area (Å²) in [6.45, 7) is 2.12. The molecule has 2 fully saturated rings. The molecule has 8 heteroatoms. The number of carbonyl (C=O) groups is 1. The van der Waals surface area contributed by atoms with Crippen molar-refractivity contribution >= 4 is 40.1 Å². The molecule has 2 aliphatic heterocycles. The van der Waals surface area contributed by atoms with Gasteiger partial charge in [-0.25, -0.2) is 14.8 Å². The summed E-state index contributed by atoms with van der Waals surface area (Å²) in [7, 11) is 0. The number of fused-ring (bicyclic) bond motifs is 3. The minimum absolute atomic E-state index is 0.00652. The minimum atomic E-state index is -0.778. The lowest BCUT2D eigenvalue weighted by Crippen LogP contribution is -2.54. The highest BCUT2D eigenvalue weighted by atomic mass is 35.5. The number of carboxylic acid groups (broad SMARTS) is 1. The van der Waals surface area contributed by atoms with Crippen molar-refractivity contribution in [3.63, 3.8) is 0 Å². The van der Waals surface area contributed by atoms with Crippen molar-refractivity contribution in [3.8, 4) is 0 Å². The van der Waals surface area contributed by atoms with E-state index in [-0.39, 0.29) is 23.5 Å². The van der Waals surface area contributed by atoms with Gasteiger partial charge in [0, 0.05) is 34.2 Å².